The summed E-state index contributed by atoms with van der Waals surface area (Å²) in [4.78, 5) is 17.0. The van der Waals surface area contributed by atoms with Crippen LogP contribution in [0.5, 0.6) is 0 Å². The number of hydrogen-bond donors (Lipinski definition) is 2. The molecule has 0 unspecified atom stereocenters. The van der Waals surface area contributed by atoms with Crippen LogP contribution in [0.15, 0.2) is 36.4 Å². The van der Waals surface area contributed by atoms with E-state index in [0.29, 0.717) is 11.5 Å². The molecule has 2 heterocycles. The normalized spacial score (nSPS) is 18.6. The average molecular weight is 431 g/mol. The van der Waals surface area contributed by atoms with Crippen molar-refractivity contribution in [3.63, 3.8) is 0 Å². The second-order valence-electron chi connectivity index (χ2n) is 9.01. The van der Waals surface area contributed by atoms with E-state index in [2.05, 4.69) is 46.1 Å². The Labute approximate surface area is 187 Å². The molecule has 0 radical (unpaired) electrons. The largest absolute Gasteiger partial charge is 0.357 e. The second-order valence-corrected chi connectivity index (χ2v) is 10.1. The topological polar surface area (TPSA) is 71.9 Å². The Balaban J connectivity index is 1.55. The third kappa shape index (κ3) is 3.20. The standard InChI is InChI=1S/C25H26N4OS/c1-25(2)20-13-17(16-8-10-29(11-9-16)31-27-3)5-7-18(20)23(30)22-19-6-4-15(14-26)12-21(19)28-24(22)25/h4-7,12-13,16,27-28H,8-11H2,1-3H3. The Morgan fingerprint density at radius 2 is 1.97 bits per heavy atom. The van der Waals surface area contributed by atoms with Crippen LogP contribution in [0.25, 0.3) is 10.9 Å². The highest BCUT2D eigenvalue weighted by atomic mass is 32.2. The highest BCUT2D eigenvalue weighted by Crippen LogP contribution is 2.45. The molecule has 5 rings (SSSR count). The molecule has 1 saturated heterocycles. The number of fused-ring (bicyclic) bond motifs is 4. The lowest BCUT2D eigenvalue weighted by Gasteiger charge is -2.34. The lowest BCUT2D eigenvalue weighted by Crippen LogP contribution is -2.32. The van der Waals surface area contributed by atoms with Crippen LogP contribution in [0.3, 0.4) is 0 Å². The summed E-state index contributed by atoms with van der Waals surface area (Å²) in [7, 11) is 1.96. The first kappa shape index (κ1) is 20.3. The van der Waals surface area contributed by atoms with Gasteiger partial charge in [0.25, 0.3) is 0 Å². The van der Waals surface area contributed by atoms with Gasteiger partial charge in [0, 0.05) is 52.8 Å². The Morgan fingerprint density at radius 3 is 2.68 bits per heavy atom. The van der Waals surface area contributed by atoms with Gasteiger partial charge in [-0.05, 0) is 49.1 Å². The van der Waals surface area contributed by atoms with Crippen LogP contribution in [0.1, 0.15) is 70.9 Å². The van der Waals surface area contributed by atoms with Crippen molar-refractivity contribution in [2.75, 3.05) is 20.1 Å². The van der Waals surface area contributed by atoms with E-state index in [1.807, 2.05) is 25.2 Å². The molecule has 2 N–H and O–H groups in total. The summed E-state index contributed by atoms with van der Waals surface area (Å²) >= 11 is 1.68. The first-order valence-corrected chi connectivity index (χ1v) is 11.6. The first-order valence-electron chi connectivity index (χ1n) is 10.8. The Morgan fingerprint density at radius 1 is 1.19 bits per heavy atom. The van der Waals surface area contributed by atoms with Gasteiger partial charge in [0.05, 0.1) is 17.2 Å². The average Bonchev–Trinajstić information content (AvgIpc) is 3.18. The van der Waals surface area contributed by atoms with Crippen molar-refractivity contribution in [1.29, 1.82) is 5.26 Å². The van der Waals surface area contributed by atoms with Crippen molar-refractivity contribution in [2.24, 2.45) is 0 Å². The van der Waals surface area contributed by atoms with Crippen LogP contribution in [-0.4, -0.2) is 35.2 Å². The molecule has 6 heteroatoms. The van der Waals surface area contributed by atoms with Crippen LogP contribution in [-0.2, 0) is 5.41 Å². The zero-order chi connectivity index (χ0) is 21.8. The van der Waals surface area contributed by atoms with Crippen molar-refractivity contribution >= 4 is 28.8 Å². The predicted molar refractivity (Wildman–Crippen MR) is 125 cm³/mol. The molecule has 3 aromatic rings. The molecule has 5 nitrogen and oxygen atoms in total. The van der Waals surface area contributed by atoms with E-state index in [-0.39, 0.29) is 11.2 Å². The monoisotopic (exact) mass is 430 g/mol. The summed E-state index contributed by atoms with van der Waals surface area (Å²) in [5, 5.41) is 10.2. The maximum atomic E-state index is 13.5. The number of benzene rings is 2. The van der Waals surface area contributed by atoms with E-state index in [4.69, 9.17) is 0 Å². The molecule has 31 heavy (non-hydrogen) atoms. The van der Waals surface area contributed by atoms with Crippen molar-refractivity contribution in [3.8, 4) is 6.07 Å². The molecule has 0 spiro atoms. The van der Waals surface area contributed by atoms with Crippen LogP contribution in [0.4, 0.5) is 0 Å². The quantitative estimate of drug-likeness (QED) is 0.580. The smallest absolute Gasteiger partial charge is 0.195 e. The number of ketones is 1. The molecule has 1 aliphatic heterocycles. The fourth-order valence-corrected chi connectivity index (χ4v) is 5.83. The van der Waals surface area contributed by atoms with Gasteiger partial charge in [-0.15, -0.1) is 0 Å². The number of piperidine rings is 1. The van der Waals surface area contributed by atoms with Gasteiger partial charge in [0.1, 0.15) is 0 Å². The van der Waals surface area contributed by atoms with Crippen LogP contribution in [0, 0.1) is 11.3 Å². The molecule has 0 atom stereocenters. The number of nitrogens with zero attached hydrogens (tertiary/aromatic N) is 2. The van der Waals surface area contributed by atoms with Gasteiger partial charge < -0.3 is 4.98 Å². The van der Waals surface area contributed by atoms with Crippen molar-refractivity contribution in [1.82, 2.24) is 14.0 Å². The third-order valence-electron chi connectivity index (χ3n) is 6.89. The number of nitrogens with one attached hydrogen (secondary N) is 2. The van der Waals surface area contributed by atoms with E-state index in [1.165, 1.54) is 5.56 Å². The van der Waals surface area contributed by atoms with Gasteiger partial charge in [-0.3, -0.25) is 9.52 Å². The molecule has 1 fully saturated rings. The molecule has 1 aromatic heterocycles. The van der Waals surface area contributed by atoms with Crippen molar-refractivity contribution in [2.45, 2.75) is 38.0 Å². The second kappa shape index (κ2) is 7.52. The lowest BCUT2D eigenvalue weighted by atomic mass is 9.70. The van der Waals surface area contributed by atoms with Gasteiger partial charge in [-0.25, -0.2) is 4.31 Å². The molecule has 2 aliphatic rings. The van der Waals surface area contributed by atoms with Crippen molar-refractivity contribution in [3.05, 3.63) is 69.9 Å². The van der Waals surface area contributed by atoms with Crippen LogP contribution in [0.2, 0.25) is 0 Å². The van der Waals surface area contributed by atoms with Crippen LogP contribution >= 0.6 is 12.1 Å². The molecule has 0 amide bonds. The number of carbonyl (C=O) groups is 1. The van der Waals surface area contributed by atoms with Gasteiger partial charge >= 0.3 is 0 Å². The minimum absolute atomic E-state index is 0.0760. The fraction of sp³-hybridized carbons (Fsp3) is 0.360. The SMILES string of the molecule is CNSN1CCC(c2ccc3c(c2)C(C)(C)c2[nH]c4cc(C#N)ccc4c2C3=O)CC1. The molecule has 2 aromatic carbocycles. The summed E-state index contributed by atoms with van der Waals surface area (Å²) in [6, 6.07) is 14.2. The van der Waals surface area contributed by atoms with Crippen LogP contribution < -0.4 is 4.72 Å². The number of rotatable bonds is 3. The molecular formula is C25H26N4OS. The van der Waals surface area contributed by atoms with E-state index in [1.54, 1.807) is 18.2 Å². The minimum atomic E-state index is -0.316. The van der Waals surface area contributed by atoms with Gasteiger partial charge in [-0.2, -0.15) is 5.26 Å². The Bertz CT molecular complexity index is 1230. The molecule has 0 saturated carbocycles. The summed E-state index contributed by atoms with van der Waals surface area (Å²) in [6.45, 7) is 6.49. The minimum Gasteiger partial charge on any atom is -0.357 e. The highest BCUT2D eigenvalue weighted by molar-refractivity contribution is 7.95. The number of aromatic nitrogens is 1. The Kier molecular flexibility index (Phi) is 4.93. The number of aromatic amines is 1. The summed E-state index contributed by atoms with van der Waals surface area (Å²) in [6.07, 6.45) is 2.24. The maximum absolute atomic E-state index is 13.5. The predicted octanol–water partition coefficient (Wildman–Crippen LogP) is 4.87. The van der Waals surface area contributed by atoms with E-state index < -0.39 is 0 Å². The van der Waals surface area contributed by atoms with Gasteiger partial charge in [0.2, 0.25) is 0 Å². The van der Waals surface area contributed by atoms with Crippen molar-refractivity contribution < 1.29 is 4.79 Å². The molecule has 0 bridgehead atoms. The number of H-pyrrole nitrogens is 1. The molecule has 1 aliphatic carbocycles. The van der Waals surface area contributed by atoms with E-state index in [0.717, 1.165) is 59.2 Å². The summed E-state index contributed by atoms with van der Waals surface area (Å²) < 4.78 is 5.53. The Hall–Kier alpha value is -2.59. The lowest BCUT2D eigenvalue weighted by molar-refractivity contribution is 0.103. The number of carbonyl (C=O) groups excluding carboxylic acids is 1. The molecular weight excluding hydrogens is 404 g/mol. The zero-order valence-corrected chi connectivity index (χ0v) is 18.9. The third-order valence-corrected chi connectivity index (χ3v) is 7.69. The maximum Gasteiger partial charge on any atom is 0.195 e. The van der Waals surface area contributed by atoms with Gasteiger partial charge in [-0.1, -0.05) is 38.1 Å². The molecule has 158 valence electrons. The number of nitriles is 1. The fourth-order valence-electron chi connectivity index (χ4n) is 5.18. The summed E-state index contributed by atoms with van der Waals surface area (Å²) in [5.74, 6) is 0.597. The van der Waals surface area contributed by atoms with Gasteiger partial charge in [0.15, 0.2) is 5.78 Å². The number of hydrogen-bond acceptors (Lipinski definition) is 5. The van der Waals surface area contributed by atoms with E-state index in [9.17, 15) is 10.1 Å². The zero-order valence-electron chi connectivity index (χ0n) is 18.1. The summed E-state index contributed by atoms with van der Waals surface area (Å²) in [5.41, 5.74) is 6.07. The van der Waals surface area contributed by atoms with E-state index >= 15 is 0 Å². The highest BCUT2D eigenvalue weighted by Gasteiger charge is 2.40. The first-order chi connectivity index (χ1) is 14.9.